The quantitative estimate of drug-likeness (QED) is 0.396. The lowest BCUT2D eigenvalue weighted by atomic mass is 10.1. The predicted octanol–water partition coefficient (Wildman–Crippen LogP) is 5.34. The summed E-state index contributed by atoms with van der Waals surface area (Å²) in [6.07, 6.45) is 3.61. The number of carbonyl (C=O) groups is 1. The number of benzene rings is 1. The first-order valence-corrected chi connectivity index (χ1v) is 12.3. The Balaban J connectivity index is 1.63. The summed E-state index contributed by atoms with van der Waals surface area (Å²) in [5, 5.41) is 9.48. The van der Waals surface area contributed by atoms with E-state index < -0.39 is 5.67 Å². The van der Waals surface area contributed by atoms with Crippen LogP contribution in [0, 0.1) is 0 Å². The van der Waals surface area contributed by atoms with Crippen LogP contribution in [0.3, 0.4) is 0 Å². The minimum Gasteiger partial charge on any atom is -0.350 e. The van der Waals surface area contributed by atoms with E-state index in [1.165, 1.54) is 25.0 Å². The molecule has 0 aliphatic heterocycles. The summed E-state index contributed by atoms with van der Waals surface area (Å²) in [5.41, 5.74) is 3.27. The molecule has 0 fully saturated rings. The van der Waals surface area contributed by atoms with Gasteiger partial charge in [-0.2, -0.15) is 0 Å². The number of rotatable bonds is 8. The zero-order chi connectivity index (χ0) is 26.0. The second-order valence-electron chi connectivity index (χ2n) is 10.4. The number of halogens is 1. The van der Waals surface area contributed by atoms with Gasteiger partial charge >= 0.3 is 0 Å². The van der Waals surface area contributed by atoms with E-state index in [2.05, 4.69) is 63.1 Å². The molecule has 2 aromatic heterocycles. The highest BCUT2D eigenvalue weighted by Crippen LogP contribution is 2.30. The average Bonchev–Trinajstić information content (AvgIpc) is 3.22. The molecular formula is C28H35FN6O. The van der Waals surface area contributed by atoms with Gasteiger partial charge in [0.05, 0.1) is 16.9 Å². The topological polar surface area (TPSA) is 82.2 Å². The molecule has 1 atom stereocenters. The highest BCUT2D eigenvalue weighted by Gasteiger charge is 2.24. The molecule has 0 spiro atoms. The number of carbonyl (C=O) groups excluding carboxylic acids is 1. The van der Waals surface area contributed by atoms with Crippen molar-refractivity contribution in [2.24, 2.45) is 0 Å². The molecular weight excluding hydrogens is 455 g/mol. The summed E-state index contributed by atoms with van der Waals surface area (Å²) >= 11 is 0. The summed E-state index contributed by atoms with van der Waals surface area (Å²) in [6.45, 7) is 6.73. The average molecular weight is 491 g/mol. The van der Waals surface area contributed by atoms with Gasteiger partial charge in [0, 0.05) is 30.0 Å². The number of anilines is 4. The van der Waals surface area contributed by atoms with Crippen molar-refractivity contribution >= 4 is 28.9 Å². The molecule has 0 radical (unpaired) electrons. The molecule has 1 amide bonds. The van der Waals surface area contributed by atoms with Crippen molar-refractivity contribution < 1.29 is 9.18 Å². The number of amides is 1. The van der Waals surface area contributed by atoms with Crippen LogP contribution in [0.2, 0.25) is 0 Å². The Bertz CT molecular complexity index is 1250. The van der Waals surface area contributed by atoms with E-state index in [1.807, 2.05) is 13.8 Å². The lowest BCUT2D eigenvalue weighted by Gasteiger charge is -2.17. The van der Waals surface area contributed by atoms with Crippen LogP contribution in [0.4, 0.5) is 27.4 Å². The molecule has 190 valence electrons. The van der Waals surface area contributed by atoms with E-state index in [0.29, 0.717) is 34.6 Å². The number of pyridine rings is 2. The third kappa shape index (κ3) is 5.99. The molecule has 0 saturated carbocycles. The minimum atomic E-state index is -1.58. The molecule has 1 aliphatic carbocycles. The van der Waals surface area contributed by atoms with E-state index in [-0.39, 0.29) is 11.9 Å². The molecule has 1 unspecified atom stereocenters. The van der Waals surface area contributed by atoms with Gasteiger partial charge in [0.1, 0.15) is 17.3 Å². The molecule has 0 saturated heterocycles. The van der Waals surface area contributed by atoms with Gasteiger partial charge in [-0.3, -0.25) is 4.79 Å². The maximum absolute atomic E-state index is 14.5. The van der Waals surface area contributed by atoms with Gasteiger partial charge in [-0.05, 0) is 90.0 Å². The van der Waals surface area contributed by atoms with Gasteiger partial charge in [-0.1, -0.05) is 12.1 Å². The first-order valence-electron chi connectivity index (χ1n) is 12.3. The molecule has 8 heteroatoms. The van der Waals surface area contributed by atoms with Crippen molar-refractivity contribution in [1.82, 2.24) is 20.2 Å². The van der Waals surface area contributed by atoms with Gasteiger partial charge in [0.25, 0.3) is 5.91 Å². The second kappa shape index (κ2) is 10.2. The van der Waals surface area contributed by atoms with Crippen LogP contribution in [-0.4, -0.2) is 47.0 Å². The first kappa shape index (κ1) is 25.6. The van der Waals surface area contributed by atoms with Crippen LogP contribution in [0.5, 0.6) is 0 Å². The molecule has 36 heavy (non-hydrogen) atoms. The largest absolute Gasteiger partial charge is 0.350 e. The number of fused-ring (bicyclic) bond motifs is 1. The van der Waals surface area contributed by atoms with Crippen molar-refractivity contribution in [3.8, 4) is 0 Å². The molecule has 1 aromatic carbocycles. The van der Waals surface area contributed by atoms with Crippen LogP contribution < -0.4 is 16.0 Å². The minimum absolute atomic E-state index is 0.0330. The van der Waals surface area contributed by atoms with Crippen LogP contribution in [0.1, 0.15) is 54.9 Å². The lowest BCUT2D eigenvalue weighted by Crippen LogP contribution is -2.30. The first-order chi connectivity index (χ1) is 17.0. The number of aromatic nitrogens is 2. The molecule has 3 aromatic rings. The Morgan fingerprint density at radius 2 is 1.81 bits per heavy atom. The zero-order valence-electron chi connectivity index (χ0n) is 21.8. The van der Waals surface area contributed by atoms with E-state index >= 15 is 0 Å². The second-order valence-corrected chi connectivity index (χ2v) is 10.4. The summed E-state index contributed by atoms with van der Waals surface area (Å²) in [5.74, 6) is 0.782. The fourth-order valence-corrected chi connectivity index (χ4v) is 4.31. The summed E-state index contributed by atoms with van der Waals surface area (Å²) in [6, 6.07) is 13.8. The number of hydrogen-bond acceptors (Lipinski definition) is 6. The third-order valence-electron chi connectivity index (χ3n) is 6.31. The lowest BCUT2D eigenvalue weighted by molar-refractivity contribution is 0.0943. The summed E-state index contributed by atoms with van der Waals surface area (Å²) in [4.78, 5) is 24.1. The number of nitrogens with one attached hydrogen (secondary N) is 3. The standard InChI is InChI=1S/C28H35FN6O/c1-17(2)31-27(36)22-16-30-26(15-23(22)33-25-9-7-8-24(34-25)28(3,4)29)32-20-11-10-18-13-21(35(5)6)14-19(18)12-20/h7-12,15-17,21H,13-14H2,1-6H3,(H,31,36)(H2,30,32,33,34). The number of likely N-dealkylation sites (N-methyl/N-ethyl adjacent to an activating group) is 1. The fourth-order valence-electron chi connectivity index (χ4n) is 4.31. The van der Waals surface area contributed by atoms with E-state index in [1.54, 1.807) is 30.5 Å². The van der Waals surface area contributed by atoms with Gasteiger partial charge in [0.15, 0.2) is 0 Å². The van der Waals surface area contributed by atoms with Crippen LogP contribution >= 0.6 is 0 Å². The molecule has 2 heterocycles. The van der Waals surface area contributed by atoms with E-state index in [4.69, 9.17) is 0 Å². The molecule has 0 bridgehead atoms. The van der Waals surface area contributed by atoms with E-state index in [9.17, 15) is 9.18 Å². The summed E-state index contributed by atoms with van der Waals surface area (Å²) < 4.78 is 14.5. The van der Waals surface area contributed by atoms with Crippen LogP contribution in [0.25, 0.3) is 0 Å². The van der Waals surface area contributed by atoms with Crippen molar-refractivity contribution in [3.05, 3.63) is 71.0 Å². The molecule has 1 aliphatic rings. The molecule has 3 N–H and O–H groups in total. The molecule has 4 rings (SSSR count). The normalized spacial score (nSPS) is 15.2. The Kier molecular flexibility index (Phi) is 7.26. The maximum Gasteiger partial charge on any atom is 0.255 e. The van der Waals surface area contributed by atoms with Gasteiger partial charge in [-0.25, -0.2) is 14.4 Å². The predicted molar refractivity (Wildman–Crippen MR) is 143 cm³/mol. The Morgan fingerprint density at radius 1 is 1.06 bits per heavy atom. The van der Waals surface area contributed by atoms with Crippen molar-refractivity contribution in [1.29, 1.82) is 0 Å². The Morgan fingerprint density at radius 3 is 2.50 bits per heavy atom. The van der Waals surface area contributed by atoms with Crippen molar-refractivity contribution in [2.75, 3.05) is 24.7 Å². The van der Waals surface area contributed by atoms with Gasteiger partial charge in [0.2, 0.25) is 0 Å². The van der Waals surface area contributed by atoms with E-state index in [0.717, 1.165) is 18.5 Å². The summed E-state index contributed by atoms with van der Waals surface area (Å²) in [7, 11) is 4.23. The van der Waals surface area contributed by atoms with Crippen LogP contribution in [-0.2, 0) is 18.5 Å². The van der Waals surface area contributed by atoms with Crippen LogP contribution in [0.15, 0.2) is 48.7 Å². The van der Waals surface area contributed by atoms with Crippen molar-refractivity contribution in [3.63, 3.8) is 0 Å². The number of hydrogen-bond donors (Lipinski definition) is 3. The Labute approximate surface area is 212 Å². The zero-order valence-corrected chi connectivity index (χ0v) is 21.8. The monoisotopic (exact) mass is 490 g/mol. The fraction of sp³-hybridized carbons (Fsp3) is 0.393. The van der Waals surface area contributed by atoms with Gasteiger partial charge in [-0.15, -0.1) is 0 Å². The highest BCUT2D eigenvalue weighted by atomic mass is 19.1. The highest BCUT2D eigenvalue weighted by molar-refractivity contribution is 6.00. The SMILES string of the molecule is CC(C)NC(=O)c1cnc(Nc2ccc3c(c2)CC(N(C)C)C3)cc1Nc1cccc(C(C)(C)F)n1. The number of nitrogens with zero attached hydrogens (tertiary/aromatic N) is 3. The van der Waals surface area contributed by atoms with Gasteiger partial charge < -0.3 is 20.9 Å². The third-order valence-corrected chi connectivity index (χ3v) is 6.31. The maximum atomic E-state index is 14.5. The smallest absolute Gasteiger partial charge is 0.255 e. The number of alkyl halides is 1. The Hall–Kier alpha value is -3.52. The van der Waals surface area contributed by atoms with Crippen molar-refractivity contribution in [2.45, 2.75) is 58.3 Å². The molecule has 7 nitrogen and oxygen atoms in total.